The summed E-state index contributed by atoms with van der Waals surface area (Å²) < 4.78 is 54.2. The van der Waals surface area contributed by atoms with E-state index >= 15 is 0 Å². The van der Waals surface area contributed by atoms with Gasteiger partial charge < -0.3 is 18.9 Å². The highest BCUT2D eigenvalue weighted by molar-refractivity contribution is 7.93. The molecule has 3 heterocycles. The van der Waals surface area contributed by atoms with Gasteiger partial charge in [-0.25, -0.2) is 18.4 Å². The minimum Gasteiger partial charge on any atom is -0.382 e. The molecule has 0 radical (unpaired) electrons. The van der Waals surface area contributed by atoms with Gasteiger partial charge in [0.05, 0.1) is 25.4 Å². The van der Waals surface area contributed by atoms with Gasteiger partial charge in [0.1, 0.15) is 17.5 Å². The van der Waals surface area contributed by atoms with E-state index < -0.39 is 21.4 Å². The maximum absolute atomic E-state index is 13.6. The first-order valence-electron chi connectivity index (χ1n) is 12.2. The summed E-state index contributed by atoms with van der Waals surface area (Å²) in [5.74, 6) is 0.904. The first-order valence-corrected chi connectivity index (χ1v) is 13.8. The molecule has 4 atom stereocenters. The van der Waals surface area contributed by atoms with Gasteiger partial charge in [-0.15, -0.1) is 10.2 Å². The number of hydrogen-bond donors (Lipinski definition) is 1. The average molecular weight is 527 g/mol. The number of aromatic nitrogens is 5. The molecule has 0 aromatic carbocycles. The molecule has 1 aliphatic rings. The van der Waals surface area contributed by atoms with E-state index in [2.05, 4.69) is 24.9 Å². The van der Waals surface area contributed by atoms with E-state index in [0.29, 0.717) is 18.3 Å². The van der Waals surface area contributed by atoms with Crippen LogP contribution in [0.15, 0.2) is 12.4 Å². The SMILES string of the molecule is CCCO[C@@H](c1ncc(C)cn1)[C@H](C)S(=O)(=O)Nc1nnc([C@@H]2CC[C@H](C)O2)n1C(COC)COC. The smallest absolute Gasteiger partial charge is 0.240 e. The summed E-state index contributed by atoms with van der Waals surface area (Å²) in [4.78, 5) is 8.64. The minimum absolute atomic E-state index is 0.0677. The number of aryl methyl sites for hydroxylation is 1. The molecule has 2 aromatic heterocycles. The lowest BCUT2D eigenvalue weighted by molar-refractivity contribution is 0.0405. The lowest BCUT2D eigenvalue weighted by Gasteiger charge is -2.25. The van der Waals surface area contributed by atoms with Crippen molar-refractivity contribution in [2.75, 3.05) is 38.8 Å². The molecule has 3 rings (SSSR count). The quantitative estimate of drug-likeness (QED) is 0.391. The van der Waals surface area contributed by atoms with E-state index in [4.69, 9.17) is 18.9 Å². The van der Waals surface area contributed by atoms with E-state index in [1.54, 1.807) is 38.1 Å². The summed E-state index contributed by atoms with van der Waals surface area (Å²) in [7, 11) is -0.862. The minimum atomic E-state index is -4.01. The van der Waals surface area contributed by atoms with Crippen LogP contribution < -0.4 is 4.72 Å². The number of nitrogens with one attached hydrogen (secondary N) is 1. The number of hydrogen-bond acceptors (Lipinski definition) is 10. The summed E-state index contributed by atoms with van der Waals surface area (Å²) in [5, 5.41) is 7.50. The highest BCUT2D eigenvalue weighted by Crippen LogP contribution is 2.35. The Morgan fingerprint density at radius 3 is 2.39 bits per heavy atom. The molecule has 1 N–H and O–H groups in total. The third-order valence-electron chi connectivity index (χ3n) is 6.03. The lowest BCUT2D eigenvalue weighted by Crippen LogP contribution is -2.35. The molecule has 1 saturated heterocycles. The first-order chi connectivity index (χ1) is 17.2. The van der Waals surface area contributed by atoms with Crippen LogP contribution in [0.5, 0.6) is 0 Å². The van der Waals surface area contributed by atoms with Crippen LogP contribution in [0.25, 0.3) is 0 Å². The van der Waals surface area contributed by atoms with Gasteiger partial charge in [0.25, 0.3) is 0 Å². The van der Waals surface area contributed by atoms with Crippen molar-refractivity contribution < 1.29 is 27.4 Å². The number of sulfonamides is 1. The number of nitrogens with zero attached hydrogens (tertiary/aromatic N) is 5. The zero-order valence-corrected chi connectivity index (χ0v) is 22.7. The van der Waals surface area contributed by atoms with E-state index in [-0.39, 0.29) is 37.4 Å². The zero-order valence-electron chi connectivity index (χ0n) is 21.9. The van der Waals surface area contributed by atoms with Crippen molar-refractivity contribution in [2.45, 2.75) is 76.6 Å². The summed E-state index contributed by atoms with van der Waals surface area (Å²) in [5.41, 5.74) is 0.869. The Labute approximate surface area is 213 Å². The summed E-state index contributed by atoms with van der Waals surface area (Å²) in [6, 6.07) is -0.370. The van der Waals surface area contributed by atoms with E-state index in [9.17, 15) is 8.42 Å². The summed E-state index contributed by atoms with van der Waals surface area (Å²) in [6.07, 6.45) is 4.54. The normalized spacial score (nSPS) is 20.1. The second kappa shape index (κ2) is 12.9. The third-order valence-corrected chi connectivity index (χ3v) is 7.72. The number of anilines is 1. The molecule has 0 aliphatic carbocycles. The molecule has 0 bridgehead atoms. The number of methoxy groups -OCH3 is 2. The molecule has 2 aromatic rings. The van der Waals surface area contributed by atoms with Gasteiger partial charge in [-0.05, 0) is 45.6 Å². The highest BCUT2D eigenvalue weighted by atomic mass is 32.2. The molecule has 0 amide bonds. The predicted octanol–water partition coefficient (Wildman–Crippen LogP) is 2.75. The van der Waals surface area contributed by atoms with E-state index in [1.165, 1.54) is 0 Å². The fourth-order valence-corrected chi connectivity index (χ4v) is 5.23. The van der Waals surface area contributed by atoms with Crippen LogP contribution in [-0.4, -0.2) is 78.5 Å². The van der Waals surface area contributed by atoms with Crippen LogP contribution in [0.4, 0.5) is 5.95 Å². The Morgan fingerprint density at radius 1 is 1.17 bits per heavy atom. The largest absolute Gasteiger partial charge is 0.382 e. The first kappa shape index (κ1) is 28.4. The molecule has 36 heavy (non-hydrogen) atoms. The summed E-state index contributed by atoms with van der Waals surface area (Å²) in [6.45, 7) is 8.28. The maximum atomic E-state index is 13.6. The van der Waals surface area contributed by atoms with Crippen LogP contribution in [0.1, 0.15) is 75.5 Å². The molecule has 12 nitrogen and oxygen atoms in total. The topological polar surface area (TPSA) is 140 Å². The van der Waals surface area contributed by atoms with Gasteiger partial charge >= 0.3 is 0 Å². The van der Waals surface area contributed by atoms with Gasteiger partial charge in [0, 0.05) is 33.2 Å². The number of ether oxygens (including phenoxy) is 4. The second-order valence-electron chi connectivity index (χ2n) is 9.09. The Morgan fingerprint density at radius 2 is 1.83 bits per heavy atom. The highest BCUT2D eigenvalue weighted by Gasteiger charge is 2.37. The van der Waals surface area contributed by atoms with Crippen LogP contribution >= 0.6 is 0 Å². The monoisotopic (exact) mass is 526 g/mol. The summed E-state index contributed by atoms with van der Waals surface area (Å²) >= 11 is 0. The predicted molar refractivity (Wildman–Crippen MR) is 133 cm³/mol. The van der Waals surface area contributed by atoms with Gasteiger partial charge in [0.15, 0.2) is 11.6 Å². The second-order valence-corrected chi connectivity index (χ2v) is 11.1. The molecular formula is C23H38N6O6S. The molecular weight excluding hydrogens is 488 g/mol. The molecule has 0 saturated carbocycles. The van der Waals surface area contributed by atoms with Crippen molar-refractivity contribution in [3.63, 3.8) is 0 Å². The Balaban J connectivity index is 1.95. The van der Waals surface area contributed by atoms with Gasteiger partial charge in [0.2, 0.25) is 16.0 Å². The van der Waals surface area contributed by atoms with E-state index in [0.717, 1.165) is 24.8 Å². The average Bonchev–Trinajstić information content (AvgIpc) is 3.45. The van der Waals surface area contributed by atoms with Crippen molar-refractivity contribution in [3.05, 3.63) is 29.6 Å². The van der Waals surface area contributed by atoms with Gasteiger partial charge in [-0.3, -0.25) is 9.29 Å². The Bertz CT molecular complexity index is 1060. The number of rotatable bonds is 14. The maximum Gasteiger partial charge on any atom is 0.240 e. The van der Waals surface area contributed by atoms with Crippen LogP contribution in [0.3, 0.4) is 0 Å². The van der Waals surface area contributed by atoms with Crippen LogP contribution in [0.2, 0.25) is 0 Å². The fourth-order valence-electron chi connectivity index (χ4n) is 4.12. The zero-order chi connectivity index (χ0) is 26.3. The standard InChI is InChI=1S/C23H38N6O6S/c1-7-10-34-20(21-24-11-15(2)12-25-21)17(4)36(30,31)28-23-27-26-22(19-9-8-16(3)35-19)29(23)18(13-32-5)14-33-6/h11-12,16-20H,7-10,13-14H2,1-6H3,(H,27,28)/t16-,17-,19-,20+/m0/s1. The lowest BCUT2D eigenvalue weighted by atomic mass is 10.2. The van der Waals surface area contributed by atoms with Crippen LogP contribution in [0, 0.1) is 6.92 Å². The molecule has 202 valence electrons. The molecule has 1 fully saturated rings. The molecule has 0 unspecified atom stereocenters. The molecule has 13 heteroatoms. The van der Waals surface area contributed by atoms with Crippen molar-refractivity contribution >= 4 is 16.0 Å². The Kier molecular flexibility index (Phi) is 10.1. The van der Waals surface area contributed by atoms with Crippen molar-refractivity contribution in [2.24, 2.45) is 0 Å². The van der Waals surface area contributed by atoms with Gasteiger partial charge in [-0.2, -0.15) is 0 Å². The Hall–Kier alpha value is -2.19. The molecule has 0 spiro atoms. The van der Waals surface area contributed by atoms with Crippen molar-refractivity contribution in [1.29, 1.82) is 0 Å². The van der Waals surface area contributed by atoms with Crippen molar-refractivity contribution in [1.82, 2.24) is 24.7 Å². The van der Waals surface area contributed by atoms with Crippen LogP contribution in [-0.2, 0) is 29.0 Å². The van der Waals surface area contributed by atoms with Gasteiger partial charge in [-0.1, -0.05) is 6.92 Å². The fraction of sp³-hybridized carbons (Fsp3) is 0.739. The molecule has 1 aliphatic heterocycles. The van der Waals surface area contributed by atoms with E-state index in [1.807, 2.05) is 20.8 Å². The van der Waals surface area contributed by atoms with Crippen molar-refractivity contribution in [3.8, 4) is 0 Å². The third kappa shape index (κ3) is 6.76.